The fourth-order valence-corrected chi connectivity index (χ4v) is 5.44. The third-order valence-electron chi connectivity index (χ3n) is 4.87. The molecule has 15 heavy (non-hydrogen) atoms. The Morgan fingerprint density at radius 3 is 2.13 bits per heavy atom. The maximum absolute atomic E-state index is 11.4. The molecule has 4 aliphatic rings. The fraction of sp³-hybridized carbons (Fsp3) is 1.00. The first-order valence-corrected chi connectivity index (χ1v) is 7.34. The zero-order valence-corrected chi connectivity index (χ0v) is 10.6. The van der Waals surface area contributed by atoms with E-state index >= 15 is 0 Å². The normalized spacial score (nSPS) is 44.5. The van der Waals surface area contributed by atoms with Gasteiger partial charge in [-0.3, -0.25) is 0 Å². The largest absolute Gasteiger partial charge is 1.00 e. The molecule has 0 N–H and O–H groups in total. The van der Waals surface area contributed by atoms with Crippen LogP contribution >= 0.6 is 0 Å². The zero-order valence-electron chi connectivity index (χ0n) is 9.08. The number of hydrogen-bond donors (Lipinski definition) is 0. The van der Waals surface area contributed by atoms with E-state index in [1.54, 1.807) is 0 Å². The molecule has 0 radical (unpaired) electrons. The summed E-state index contributed by atoms with van der Waals surface area (Å²) in [5, 5.41) is 0. The van der Waals surface area contributed by atoms with Crippen LogP contribution in [-0.4, -0.2) is 49.6 Å². The molecule has 0 unspecified atom stereocenters. The van der Waals surface area contributed by atoms with Gasteiger partial charge in [-0.05, 0) is 6.92 Å². The van der Waals surface area contributed by atoms with E-state index < -0.39 is 9.84 Å². The van der Waals surface area contributed by atoms with Crippen molar-refractivity contribution in [1.29, 1.82) is 0 Å². The Morgan fingerprint density at radius 2 is 1.73 bits per heavy atom. The van der Waals surface area contributed by atoms with E-state index in [4.69, 9.17) is 0 Å². The van der Waals surface area contributed by atoms with Crippen molar-refractivity contribution < 1.29 is 25.3 Å². The third kappa shape index (κ3) is 1.45. The summed E-state index contributed by atoms with van der Waals surface area (Å²) in [5.41, 5.74) is 0.445. The quantitative estimate of drug-likeness (QED) is 0.443. The summed E-state index contributed by atoms with van der Waals surface area (Å²) in [5.74, 6) is 1.76. The number of sulfone groups is 1. The maximum Gasteiger partial charge on any atom is 0.161 e. The van der Waals surface area contributed by atoms with Gasteiger partial charge in [-0.25, -0.2) is 8.42 Å². The second kappa shape index (κ2) is 3.11. The van der Waals surface area contributed by atoms with Crippen molar-refractivity contribution in [1.82, 2.24) is 0 Å². The average molecular weight is 252 g/mol. The number of quaternary nitrogens is 1. The fourth-order valence-electron chi connectivity index (χ4n) is 3.98. The third-order valence-corrected chi connectivity index (χ3v) is 6.48. The topological polar surface area (TPSA) is 34.1 Å². The highest BCUT2D eigenvalue weighted by molar-refractivity contribution is 7.91. The first-order chi connectivity index (χ1) is 6.45. The molecule has 0 atom stereocenters. The number of halogens is 1. The summed E-state index contributed by atoms with van der Waals surface area (Å²) in [7, 11) is -2.69. The van der Waals surface area contributed by atoms with Crippen LogP contribution in [0.25, 0.3) is 0 Å². The number of hydrogen-bond acceptors (Lipinski definition) is 2. The van der Waals surface area contributed by atoms with Crippen LogP contribution in [0.2, 0.25) is 0 Å². The van der Waals surface area contributed by atoms with Crippen LogP contribution < -0.4 is 12.4 Å². The minimum atomic E-state index is -2.69. The van der Waals surface area contributed by atoms with E-state index in [2.05, 4.69) is 6.92 Å². The van der Waals surface area contributed by atoms with Crippen molar-refractivity contribution in [3.63, 3.8) is 0 Å². The Balaban J connectivity index is 0.000000853. The molecule has 88 valence electrons. The highest BCUT2D eigenvalue weighted by Gasteiger charge is 2.65. The van der Waals surface area contributed by atoms with Gasteiger partial charge < -0.3 is 16.9 Å². The molecule has 2 bridgehead atoms. The van der Waals surface area contributed by atoms with Crippen molar-refractivity contribution in [3.8, 4) is 0 Å². The van der Waals surface area contributed by atoms with Crippen molar-refractivity contribution in [3.05, 3.63) is 0 Å². The monoisotopic (exact) mass is 251 g/mol. The molecule has 0 aromatic heterocycles. The lowest BCUT2D eigenvalue weighted by atomic mass is 9.74. The molecule has 0 aromatic rings. The lowest BCUT2D eigenvalue weighted by molar-refractivity contribution is -0.951. The van der Waals surface area contributed by atoms with E-state index in [9.17, 15) is 8.42 Å². The van der Waals surface area contributed by atoms with Crippen molar-refractivity contribution in [2.75, 3.05) is 31.1 Å². The number of rotatable bonds is 0. The SMILES string of the molecule is CC12CC(C1)C[N+]21CCS(=O)(=O)CC1.[Cl-]. The van der Waals surface area contributed by atoms with Gasteiger partial charge in [0.1, 0.15) is 0 Å². The molecule has 1 saturated carbocycles. The van der Waals surface area contributed by atoms with Crippen LogP contribution in [0.4, 0.5) is 0 Å². The summed E-state index contributed by atoms with van der Waals surface area (Å²) in [6.07, 6.45) is 2.68. The molecule has 3 aliphatic heterocycles. The summed E-state index contributed by atoms with van der Waals surface area (Å²) in [4.78, 5) is 0. The Labute approximate surface area is 97.8 Å². The van der Waals surface area contributed by atoms with Crippen molar-refractivity contribution in [2.24, 2.45) is 5.92 Å². The minimum absolute atomic E-state index is 0. The van der Waals surface area contributed by atoms with E-state index in [0.29, 0.717) is 17.0 Å². The molecule has 0 amide bonds. The van der Waals surface area contributed by atoms with Crippen LogP contribution in [0.3, 0.4) is 0 Å². The van der Waals surface area contributed by atoms with Gasteiger partial charge in [0.2, 0.25) is 0 Å². The molecule has 3 nitrogen and oxygen atoms in total. The standard InChI is InChI=1S/C10H18NO2S.ClH/c1-10-6-9(7-10)8-11(10)2-4-14(12,13)5-3-11;/h9H,2-8H2,1H3;1H/q+1;/p-1. The van der Waals surface area contributed by atoms with Crippen LogP contribution in [0.5, 0.6) is 0 Å². The summed E-state index contributed by atoms with van der Waals surface area (Å²) in [6, 6.07) is 0. The van der Waals surface area contributed by atoms with E-state index in [1.807, 2.05) is 0 Å². The van der Waals surface area contributed by atoms with Gasteiger partial charge in [0.15, 0.2) is 9.84 Å². The molecular formula is C10H18ClNO2S. The first-order valence-electron chi connectivity index (χ1n) is 5.51. The molecule has 3 heterocycles. The Kier molecular flexibility index (Phi) is 2.42. The van der Waals surface area contributed by atoms with E-state index in [1.165, 1.54) is 19.4 Å². The van der Waals surface area contributed by atoms with Gasteiger partial charge in [0.05, 0.1) is 36.7 Å². The van der Waals surface area contributed by atoms with Gasteiger partial charge in [0, 0.05) is 18.8 Å². The van der Waals surface area contributed by atoms with Crippen molar-refractivity contribution >= 4 is 9.84 Å². The molecule has 0 aromatic carbocycles. The second-order valence-electron chi connectivity index (χ2n) is 5.70. The number of nitrogens with zero attached hydrogens (tertiary/aromatic N) is 1. The van der Waals surface area contributed by atoms with Crippen LogP contribution in [0.15, 0.2) is 0 Å². The first kappa shape index (κ1) is 11.7. The molecule has 1 aliphatic carbocycles. The Hall–Kier alpha value is 0.200. The van der Waals surface area contributed by atoms with Crippen molar-refractivity contribution in [2.45, 2.75) is 25.3 Å². The van der Waals surface area contributed by atoms with Crippen LogP contribution in [0.1, 0.15) is 19.8 Å². The summed E-state index contributed by atoms with van der Waals surface area (Å²) >= 11 is 0. The molecule has 4 fully saturated rings. The highest BCUT2D eigenvalue weighted by atomic mass is 35.5. The lowest BCUT2D eigenvalue weighted by Crippen LogP contribution is -3.00. The van der Waals surface area contributed by atoms with Gasteiger partial charge in [-0.2, -0.15) is 0 Å². The molecular weight excluding hydrogens is 234 g/mol. The van der Waals surface area contributed by atoms with Gasteiger partial charge in [-0.15, -0.1) is 0 Å². The van der Waals surface area contributed by atoms with Crippen LogP contribution in [-0.2, 0) is 9.84 Å². The predicted molar refractivity (Wildman–Crippen MR) is 54.6 cm³/mol. The molecule has 1 spiro atoms. The van der Waals surface area contributed by atoms with E-state index in [0.717, 1.165) is 23.5 Å². The second-order valence-corrected chi connectivity index (χ2v) is 8.00. The summed E-state index contributed by atoms with van der Waals surface area (Å²) in [6.45, 7) is 5.38. The highest BCUT2D eigenvalue weighted by Crippen LogP contribution is 2.55. The summed E-state index contributed by atoms with van der Waals surface area (Å²) < 4.78 is 23.9. The zero-order chi connectivity index (χ0) is 10.0. The van der Waals surface area contributed by atoms with Gasteiger partial charge >= 0.3 is 0 Å². The molecule has 4 rings (SSSR count). The smallest absolute Gasteiger partial charge is 0.161 e. The van der Waals surface area contributed by atoms with Gasteiger partial charge in [-0.1, -0.05) is 0 Å². The molecule has 3 saturated heterocycles. The maximum atomic E-state index is 11.4. The van der Waals surface area contributed by atoms with E-state index in [-0.39, 0.29) is 12.4 Å². The van der Waals surface area contributed by atoms with Gasteiger partial charge in [0.25, 0.3) is 0 Å². The average Bonchev–Trinajstić information content (AvgIpc) is 2.45. The Morgan fingerprint density at radius 1 is 1.20 bits per heavy atom. The lowest BCUT2D eigenvalue weighted by Gasteiger charge is -2.48. The Bertz CT molecular complexity index is 359. The predicted octanol–water partition coefficient (Wildman–Crippen LogP) is -2.58. The molecule has 5 heteroatoms. The minimum Gasteiger partial charge on any atom is -1.00 e. The van der Waals surface area contributed by atoms with Crippen LogP contribution in [0, 0.1) is 5.92 Å².